The lowest BCUT2D eigenvalue weighted by Crippen LogP contribution is -2.42. The number of methoxy groups -OCH3 is 2. The molecule has 1 N–H and O–H groups in total. The van der Waals surface area contributed by atoms with Crippen LogP contribution < -0.4 is 14.8 Å². The molecule has 1 amide bonds. The summed E-state index contributed by atoms with van der Waals surface area (Å²) in [7, 11) is 2.94. The molecule has 5 rings (SSSR count). The van der Waals surface area contributed by atoms with Gasteiger partial charge in [-0.15, -0.1) is 0 Å². The monoisotopic (exact) mass is 592 g/mol. The zero-order valence-corrected chi connectivity index (χ0v) is 24.9. The SMILES string of the molecule is COC(=O)C1=C(C)N=C2SC=C(CC(=O)NCCN3CCOCC3)N2[C@H]1c1ccc(OCc2ccccc2)c(OC)c1. The number of rotatable bonds is 11. The third kappa shape index (κ3) is 6.80. The van der Waals surface area contributed by atoms with Gasteiger partial charge in [-0.05, 0) is 35.6 Å². The van der Waals surface area contributed by atoms with Crippen LogP contribution in [0, 0.1) is 0 Å². The smallest absolute Gasteiger partial charge is 0.338 e. The van der Waals surface area contributed by atoms with Crippen LogP contribution >= 0.6 is 11.8 Å². The second-order valence-corrected chi connectivity index (χ2v) is 10.9. The van der Waals surface area contributed by atoms with Crippen molar-refractivity contribution in [2.75, 3.05) is 53.6 Å². The molecular weight excluding hydrogens is 556 g/mol. The Kier molecular flexibility index (Phi) is 9.83. The van der Waals surface area contributed by atoms with Gasteiger partial charge >= 0.3 is 5.97 Å². The molecule has 0 unspecified atom stereocenters. The maximum absolute atomic E-state index is 13.1. The third-order valence-electron chi connectivity index (χ3n) is 7.34. The zero-order chi connectivity index (χ0) is 29.5. The van der Waals surface area contributed by atoms with E-state index in [2.05, 4.69) is 10.2 Å². The Hall–Kier alpha value is -3.80. The second kappa shape index (κ2) is 13.9. The highest BCUT2D eigenvalue weighted by atomic mass is 32.2. The van der Waals surface area contributed by atoms with Crippen molar-refractivity contribution in [2.45, 2.75) is 26.0 Å². The van der Waals surface area contributed by atoms with Crippen molar-refractivity contribution < 1.29 is 28.5 Å². The number of amides is 1. The van der Waals surface area contributed by atoms with Crippen molar-refractivity contribution >= 4 is 28.8 Å². The first-order valence-electron chi connectivity index (χ1n) is 13.9. The number of thioether (sulfide) groups is 1. The van der Waals surface area contributed by atoms with E-state index in [4.69, 9.17) is 23.9 Å². The number of aliphatic imine (C=N–C) groups is 1. The van der Waals surface area contributed by atoms with Crippen molar-refractivity contribution in [3.05, 3.63) is 82.0 Å². The zero-order valence-electron chi connectivity index (χ0n) is 24.1. The fourth-order valence-corrected chi connectivity index (χ4v) is 6.13. The number of carbonyl (C=O) groups is 2. The Morgan fingerprint density at radius 1 is 1.10 bits per heavy atom. The second-order valence-electron chi connectivity index (χ2n) is 10.0. The molecule has 1 saturated heterocycles. The van der Waals surface area contributed by atoms with Crippen LogP contribution in [-0.4, -0.2) is 80.5 Å². The number of allylic oxidation sites excluding steroid dienone is 1. The topological polar surface area (TPSA) is 102 Å². The number of fused-ring (bicyclic) bond motifs is 1. The van der Waals surface area contributed by atoms with E-state index in [1.165, 1.54) is 18.9 Å². The fraction of sp³-hybridized carbons (Fsp3) is 0.387. The van der Waals surface area contributed by atoms with E-state index < -0.39 is 12.0 Å². The molecule has 0 saturated carbocycles. The van der Waals surface area contributed by atoms with Crippen LogP contribution in [0.2, 0.25) is 0 Å². The maximum atomic E-state index is 13.1. The molecule has 42 heavy (non-hydrogen) atoms. The molecule has 10 nitrogen and oxygen atoms in total. The molecule has 2 aromatic carbocycles. The van der Waals surface area contributed by atoms with Crippen LogP contribution in [0.1, 0.15) is 30.5 Å². The first-order valence-corrected chi connectivity index (χ1v) is 14.8. The summed E-state index contributed by atoms with van der Waals surface area (Å²) in [6.45, 7) is 6.69. The molecule has 0 spiro atoms. The van der Waals surface area contributed by atoms with Crippen molar-refractivity contribution in [3.8, 4) is 11.5 Å². The van der Waals surface area contributed by atoms with Gasteiger partial charge in [0.2, 0.25) is 5.91 Å². The lowest BCUT2D eigenvalue weighted by atomic mass is 9.93. The van der Waals surface area contributed by atoms with Crippen LogP contribution in [0.5, 0.6) is 11.5 Å². The van der Waals surface area contributed by atoms with E-state index in [9.17, 15) is 9.59 Å². The predicted octanol–water partition coefficient (Wildman–Crippen LogP) is 3.86. The van der Waals surface area contributed by atoms with E-state index in [1.54, 1.807) is 14.0 Å². The number of esters is 1. The Morgan fingerprint density at radius 3 is 2.62 bits per heavy atom. The van der Waals surface area contributed by atoms with Crippen molar-refractivity contribution in [2.24, 2.45) is 4.99 Å². The number of amidine groups is 1. The standard InChI is InChI=1S/C31H36N4O6S/c1-21-28(30(37)39-3)29(23-9-10-25(26(17-23)38-2)41-19-22-7-5-4-6-8-22)35-24(20-42-31(35)33-21)18-27(36)32-11-12-34-13-15-40-16-14-34/h4-10,17,20,29H,11-16,18-19H2,1-3H3,(H,32,36)/t29-/m0/s1. The quantitative estimate of drug-likeness (QED) is 0.390. The molecule has 11 heteroatoms. The molecule has 1 fully saturated rings. The van der Waals surface area contributed by atoms with Gasteiger partial charge in [-0.25, -0.2) is 9.79 Å². The van der Waals surface area contributed by atoms with Gasteiger partial charge in [0, 0.05) is 31.9 Å². The third-order valence-corrected chi connectivity index (χ3v) is 8.23. The molecule has 0 radical (unpaired) electrons. The number of carbonyl (C=O) groups excluding carboxylic acids is 2. The van der Waals surface area contributed by atoms with Crippen molar-refractivity contribution in [3.63, 3.8) is 0 Å². The average Bonchev–Trinajstić information content (AvgIpc) is 3.41. The Bertz CT molecular complexity index is 1390. The Labute approximate surface area is 250 Å². The van der Waals surface area contributed by atoms with Crippen LogP contribution in [0.4, 0.5) is 0 Å². The molecule has 2 aromatic rings. The van der Waals surface area contributed by atoms with Gasteiger partial charge in [0.1, 0.15) is 6.61 Å². The number of ether oxygens (including phenoxy) is 4. The average molecular weight is 593 g/mol. The number of nitrogens with zero attached hydrogens (tertiary/aromatic N) is 3. The maximum Gasteiger partial charge on any atom is 0.338 e. The summed E-state index contributed by atoms with van der Waals surface area (Å²) in [5, 5.41) is 5.66. The molecule has 1 atom stereocenters. The minimum atomic E-state index is -0.565. The van der Waals surface area contributed by atoms with E-state index in [0.29, 0.717) is 41.1 Å². The number of hydrogen-bond donors (Lipinski definition) is 1. The molecule has 3 aliphatic heterocycles. The molecular formula is C31H36N4O6S. The molecule has 0 aromatic heterocycles. The number of nitrogens with one attached hydrogen (secondary N) is 1. The molecule has 3 aliphatic rings. The van der Waals surface area contributed by atoms with Gasteiger partial charge < -0.3 is 29.2 Å². The summed E-state index contributed by atoms with van der Waals surface area (Å²) in [6, 6.07) is 14.9. The van der Waals surface area contributed by atoms with Crippen LogP contribution in [0.25, 0.3) is 0 Å². The minimum Gasteiger partial charge on any atom is -0.493 e. The highest BCUT2D eigenvalue weighted by molar-refractivity contribution is 8.16. The van der Waals surface area contributed by atoms with Crippen LogP contribution in [0.3, 0.4) is 0 Å². The van der Waals surface area contributed by atoms with Crippen molar-refractivity contribution in [1.82, 2.24) is 15.1 Å². The van der Waals surface area contributed by atoms with E-state index in [0.717, 1.165) is 49.7 Å². The van der Waals surface area contributed by atoms with E-state index in [-0.39, 0.29) is 12.3 Å². The van der Waals surface area contributed by atoms with Gasteiger partial charge in [-0.1, -0.05) is 48.2 Å². The van der Waals surface area contributed by atoms with E-state index in [1.807, 2.05) is 58.8 Å². The number of benzene rings is 2. The van der Waals surface area contributed by atoms with Gasteiger partial charge in [0.05, 0.1) is 51.2 Å². The highest BCUT2D eigenvalue weighted by Gasteiger charge is 2.41. The summed E-state index contributed by atoms with van der Waals surface area (Å²) in [5.41, 5.74) is 3.55. The van der Waals surface area contributed by atoms with Gasteiger partial charge in [-0.2, -0.15) is 0 Å². The number of hydrogen-bond acceptors (Lipinski definition) is 10. The Balaban J connectivity index is 1.36. The summed E-state index contributed by atoms with van der Waals surface area (Å²) in [5.74, 6) is 0.548. The molecule has 222 valence electrons. The lowest BCUT2D eigenvalue weighted by molar-refractivity contribution is -0.136. The fourth-order valence-electron chi connectivity index (χ4n) is 5.17. The largest absolute Gasteiger partial charge is 0.493 e. The molecule has 0 aliphatic carbocycles. The van der Waals surface area contributed by atoms with E-state index >= 15 is 0 Å². The van der Waals surface area contributed by atoms with Gasteiger partial charge in [0.15, 0.2) is 16.7 Å². The first kappa shape index (κ1) is 29.7. The predicted molar refractivity (Wildman–Crippen MR) is 161 cm³/mol. The minimum absolute atomic E-state index is 0.0942. The number of morpholine rings is 1. The summed E-state index contributed by atoms with van der Waals surface area (Å²) >= 11 is 1.43. The summed E-state index contributed by atoms with van der Waals surface area (Å²) in [6.07, 6.45) is 0.147. The van der Waals surface area contributed by atoms with Crippen molar-refractivity contribution in [1.29, 1.82) is 0 Å². The summed E-state index contributed by atoms with van der Waals surface area (Å²) < 4.78 is 22.4. The molecule has 3 heterocycles. The first-order chi connectivity index (χ1) is 20.5. The van der Waals surface area contributed by atoms with Crippen LogP contribution in [0.15, 0.2) is 75.9 Å². The lowest BCUT2D eigenvalue weighted by Gasteiger charge is -2.36. The van der Waals surface area contributed by atoms with Gasteiger partial charge in [-0.3, -0.25) is 9.69 Å². The summed E-state index contributed by atoms with van der Waals surface area (Å²) in [4.78, 5) is 35.0. The van der Waals surface area contributed by atoms with Gasteiger partial charge in [0.25, 0.3) is 0 Å². The highest BCUT2D eigenvalue weighted by Crippen LogP contribution is 2.46. The normalized spacial score (nSPS) is 18.6. The Morgan fingerprint density at radius 2 is 1.88 bits per heavy atom. The van der Waals surface area contributed by atoms with Crippen LogP contribution in [-0.2, 0) is 25.7 Å². The molecule has 0 bridgehead atoms.